The zero-order valence-electron chi connectivity index (χ0n) is 19.9. The van der Waals surface area contributed by atoms with Crippen molar-refractivity contribution in [3.05, 3.63) is 41.3 Å². The predicted octanol–water partition coefficient (Wildman–Crippen LogP) is 6.86. The summed E-state index contributed by atoms with van der Waals surface area (Å²) in [5.41, 5.74) is -0.264. The molecule has 1 amide bonds. The maximum Gasteiger partial charge on any atom is 0.416 e. The minimum atomic E-state index is -4.60. The minimum absolute atomic E-state index is 0.0487. The monoisotopic (exact) mass is 496 g/mol. The molecule has 0 unspecified atom stereocenters. The van der Waals surface area contributed by atoms with Gasteiger partial charge in [-0.1, -0.05) is 19.3 Å². The molecule has 35 heavy (non-hydrogen) atoms. The molecule has 1 saturated heterocycles. The highest BCUT2D eigenvalue weighted by Gasteiger charge is 2.32. The molecule has 0 atom stereocenters. The van der Waals surface area contributed by atoms with Crippen molar-refractivity contribution in [3.63, 3.8) is 0 Å². The third-order valence-electron chi connectivity index (χ3n) is 7.12. The molecule has 1 aromatic heterocycles. The van der Waals surface area contributed by atoms with Gasteiger partial charge in [-0.15, -0.1) is 0 Å². The van der Waals surface area contributed by atoms with Crippen LogP contribution < -0.4 is 10.1 Å². The fourth-order valence-electron chi connectivity index (χ4n) is 5.02. The lowest BCUT2D eigenvalue weighted by atomic mass is 9.96. The molecule has 1 saturated carbocycles. The number of hydrogen-bond acceptors (Lipinski definition) is 3. The van der Waals surface area contributed by atoms with Crippen LogP contribution in [0.15, 0.2) is 24.3 Å². The molecule has 1 aliphatic heterocycles. The van der Waals surface area contributed by atoms with E-state index in [1.165, 1.54) is 6.07 Å². The van der Waals surface area contributed by atoms with Gasteiger partial charge in [0.1, 0.15) is 5.82 Å². The van der Waals surface area contributed by atoms with E-state index in [0.29, 0.717) is 31.4 Å². The standard InChI is InChI=1S/C26H32F4N2O3/c1-17-24(35-25(33)31-20-5-3-2-4-6-20)16-23(32(17)12-9-18-10-13-34-14-11-18)21-15-19(26(28,29)30)7-8-22(21)27/h7-8,15-16,18,20H,2-6,9-14H2,1H3,(H,31,33). The first-order chi connectivity index (χ1) is 16.7. The third-order valence-corrected chi connectivity index (χ3v) is 7.12. The Morgan fingerprint density at radius 1 is 1.11 bits per heavy atom. The van der Waals surface area contributed by atoms with E-state index >= 15 is 0 Å². The van der Waals surface area contributed by atoms with E-state index in [4.69, 9.17) is 9.47 Å². The number of nitrogens with one attached hydrogen (secondary N) is 1. The molecular formula is C26H32F4N2O3. The molecule has 9 heteroatoms. The third kappa shape index (κ3) is 6.37. The first-order valence-electron chi connectivity index (χ1n) is 12.4. The van der Waals surface area contributed by atoms with Gasteiger partial charge in [-0.05, 0) is 63.1 Å². The van der Waals surface area contributed by atoms with E-state index in [9.17, 15) is 22.4 Å². The molecule has 2 aliphatic rings. The summed E-state index contributed by atoms with van der Waals surface area (Å²) in [6.45, 7) is 3.57. The van der Waals surface area contributed by atoms with E-state index in [1.54, 1.807) is 11.5 Å². The molecule has 2 aromatic rings. The maximum absolute atomic E-state index is 14.8. The van der Waals surface area contributed by atoms with Crippen LogP contribution in [-0.2, 0) is 17.5 Å². The Hall–Kier alpha value is -2.55. The Bertz CT molecular complexity index is 1020. The van der Waals surface area contributed by atoms with Crippen LogP contribution in [0.3, 0.4) is 0 Å². The molecule has 0 spiro atoms. The fraction of sp³-hybridized carbons (Fsp3) is 0.577. The van der Waals surface area contributed by atoms with Gasteiger partial charge in [0.15, 0.2) is 5.75 Å². The van der Waals surface area contributed by atoms with Crippen LogP contribution in [0.25, 0.3) is 11.3 Å². The second-order valence-corrected chi connectivity index (χ2v) is 9.54. The van der Waals surface area contributed by atoms with Crippen LogP contribution in [-0.4, -0.2) is 29.9 Å². The second-order valence-electron chi connectivity index (χ2n) is 9.54. The highest BCUT2D eigenvalue weighted by Crippen LogP contribution is 2.37. The van der Waals surface area contributed by atoms with Gasteiger partial charge in [-0.25, -0.2) is 9.18 Å². The van der Waals surface area contributed by atoms with Crippen LogP contribution >= 0.6 is 0 Å². The van der Waals surface area contributed by atoms with Gasteiger partial charge in [-0.3, -0.25) is 0 Å². The first kappa shape index (κ1) is 25.5. The van der Waals surface area contributed by atoms with Crippen molar-refractivity contribution in [2.45, 2.75) is 77.1 Å². The smallest absolute Gasteiger partial charge is 0.408 e. The van der Waals surface area contributed by atoms with E-state index in [0.717, 1.165) is 69.6 Å². The average molecular weight is 497 g/mol. The number of carbonyl (C=O) groups excluding carboxylic acids is 1. The van der Waals surface area contributed by atoms with Gasteiger partial charge < -0.3 is 19.4 Å². The molecule has 0 bridgehead atoms. The molecule has 5 nitrogen and oxygen atoms in total. The molecular weight excluding hydrogens is 464 g/mol. The van der Waals surface area contributed by atoms with Crippen molar-refractivity contribution in [1.82, 2.24) is 9.88 Å². The summed E-state index contributed by atoms with van der Waals surface area (Å²) in [6.07, 6.45) is 2.39. The molecule has 2 heterocycles. The quantitative estimate of drug-likeness (QED) is 0.445. The molecule has 0 radical (unpaired) electrons. The molecule has 1 aliphatic carbocycles. The van der Waals surface area contributed by atoms with Crippen molar-refractivity contribution in [1.29, 1.82) is 0 Å². The van der Waals surface area contributed by atoms with E-state index in [-0.39, 0.29) is 23.0 Å². The lowest BCUT2D eigenvalue weighted by Gasteiger charge is -2.23. The molecule has 2 fully saturated rings. The Morgan fingerprint density at radius 2 is 1.83 bits per heavy atom. The van der Waals surface area contributed by atoms with Crippen LogP contribution in [0, 0.1) is 18.7 Å². The van der Waals surface area contributed by atoms with Gasteiger partial charge >= 0.3 is 12.3 Å². The predicted molar refractivity (Wildman–Crippen MR) is 124 cm³/mol. The van der Waals surface area contributed by atoms with Crippen LogP contribution in [0.5, 0.6) is 5.75 Å². The van der Waals surface area contributed by atoms with Gasteiger partial charge in [0.2, 0.25) is 0 Å². The van der Waals surface area contributed by atoms with Crippen molar-refractivity contribution >= 4 is 6.09 Å². The van der Waals surface area contributed by atoms with Gasteiger partial charge in [0.05, 0.1) is 17.0 Å². The Balaban J connectivity index is 1.62. The van der Waals surface area contributed by atoms with Crippen molar-refractivity contribution in [2.75, 3.05) is 13.2 Å². The summed E-state index contributed by atoms with van der Waals surface area (Å²) in [5, 5.41) is 2.88. The highest BCUT2D eigenvalue weighted by molar-refractivity contribution is 5.73. The zero-order chi connectivity index (χ0) is 25.0. The molecule has 4 rings (SSSR count). The summed E-state index contributed by atoms with van der Waals surface area (Å²) < 4.78 is 67.7. The minimum Gasteiger partial charge on any atom is -0.408 e. The zero-order valence-corrected chi connectivity index (χ0v) is 19.9. The lowest BCUT2D eigenvalue weighted by molar-refractivity contribution is -0.137. The second kappa shape index (κ2) is 11.0. The van der Waals surface area contributed by atoms with Gasteiger partial charge in [-0.2, -0.15) is 13.2 Å². The molecule has 1 N–H and O–H groups in total. The maximum atomic E-state index is 14.8. The SMILES string of the molecule is Cc1c(OC(=O)NC2CCCCC2)cc(-c2cc(C(F)(F)F)ccc2F)n1CCC1CCOCC1. The fourth-order valence-corrected chi connectivity index (χ4v) is 5.02. The summed E-state index contributed by atoms with van der Waals surface area (Å²) in [5.74, 6) is -0.137. The normalized spacial score (nSPS) is 18.0. The van der Waals surface area contributed by atoms with Gasteiger partial charge in [0, 0.05) is 37.4 Å². The van der Waals surface area contributed by atoms with Crippen molar-refractivity contribution in [3.8, 4) is 17.0 Å². The highest BCUT2D eigenvalue weighted by atomic mass is 19.4. The van der Waals surface area contributed by atoms with Crippen LogP contribution in [0.1, 0.15) is 62.6 Å². The number of rotatable bonds is 6. The number of hydrogen-bond donors (Lipinski definition) is 1. The number of benzene rings is 1. The van der Waals surface area contributed by atoms with Crippen molar-refractivity contribution in [2.24, 2.45) is 5.92 Å². The van der Waals surface area contributed by atoms with E-state index < -0.39 is 23.7 Å². The van der Waals surface area contributed by atoms with Crippen molar-refractivity contribution < 1.29 is 31.8 Å². The molecule has 192 valence electrons. The van der Waals surface area contributed by atoms with E-state index in [1.807, 2.05) is 0 Å². The number of alkyl halides is 3. The Morgan fingerprint density at radius 3 is 2.51 bits per heavy atom. The number of halogens is 4. The Labute approximate surface area is 202 Å². The average Bonchev–Trinajstić information content (AvgIpc) is 3.13. The topological polar surface area (TPSA) is 52.5 Å². The number of carbonyl (C=O) groups is 1. The van der Waals surface area contributed by atoms with Crippen LogP contribution in [0.4, 0.5) is 22.4 Å². The number of aromatic nitrogens is 1. The largest absolute Gasteiger partial charge is 0.416 e. The Kier molecular flexibility index (Phi) is 8.04. The van der Waals surface area contributed by atoms with E-state index in [2.05, 4.69) is 5.32 Å². The summed E-state index contributed by atoms with van der Waals surface area (Å²) in [7, 11) is 0. The summed E-state index contributed by atoms with van der Waals surface area (Å²) >= 11 is 0. The first-order valence-corrected chi connectivity index (χ1v) is 12.4. The number of nitrogens with zero attached hydrogens (tertiary/aromatic N) is 1. The van der Waals surface area contributed by atoms with Gasteiger partial charge in [0.25, 0.3) is 0 Å². The summed E-state index contributed by atoms with van der Waals surface area (Å²) in [6, 6.07) is 3.90. The number of amides is 1. The number of ether oxygens (including phenoxy) is 2. The molecule has 1 aromatic carbocycles. The van der Waals surface area contributed by atoms with Crippen LogP contribution in [0.2, 0.25) is 0 Å². The lowest BCUT2D eigenvalue weighted by Crippen LogP contribution is -2.38. The summed E-state index contributed by atoms with van der Waals surface area (Å²) in [4.78, 5) is 12.6.